The van der Waals surface area contributed by atoms with E-state index in [1.54, 1.807) is 0 Å². The third-order valence-corrected chi connectivity index (χ3v) is 5.58. The van der Waals surface area contributed by atoms with Crippen LogP contribution in [0.25, 0.3) is 0 Å². The van der Waals surface area contributed by atoms with Crippen molar-refractivity contribution in [2.24, 2.45) is 0 Å². The van der Waals surface area contributed by atoms with E-state index < -0.39 is 6.10 Å². The second-order valence-corrected chi connectivity index (χ2v) is 9.67. The van der Waals surface area contributed by atoms with E-state index in [9.17, 15) is 15.0 Å². The molecule has 2 aliphatic rings. The lowest BCUT2D eigenvalue weighted by Crippen LogP contribution is -2.32. The monoisotopic (exact) mass is 376 g/mol. The summed E-state index contributed by atoms with van der Waals surface area (Å²) in [6, 6.07) is 0. The maximum atomic E-state index is 11.6. The Labute approximate surface area is 161 Å². The Morgan fingerprint density at radius 1 is 1.26 bits per heavy atom. The van der Waals surface area contributed by atoms with Crippen molar-refractivity contribution < 1.29 is 24.5 Å². The number of esters is 1. The van der Waals surface area contributed by atoms with Gasteiger partial charge in [0.2, 0.25) is 0 Å². The fraction of sp³-hybridized carbons (Fsp3) is 0.682. The van der Waals surface area contributed by atoms with Gasteiger partial charge in [-0.15, -0.1) is 0 Å². The van der Waals surface area contributed by atoms with Crippen molar-refractivity contribution in [1.29, 1.82) is 0 Å². The van der Waals surface area contributed by atoms with Gasteiger partial charge in [-0.25, -0.2) is 0 Å². The van der Waals surface area contributed by atoms with E-state index in [1.807, 2.05) is 6.92 Å². The number of phenolic OH excluding ortho intramolecular Hbond substituents is 1. The van der Waals surface area contributed by atoms with E-state index in [-0.39, 0.29) is 29.5 Å². The lowest BCUT2D eigenvalue weighted by atomic mass is 9.78. The van der Waals surface area contributed by atoms with Crippen LogP contribution in [0.1, 0.15) is 76.1 Å². The Bertz CT molecular complexity index is 757. The van der Waals surface area contributed by atoms with Gasteiger partial charge in [0.25, 0.3) is 0 Å². The van der Waals surface area contributed by atoms with Gasteiger partial charge in [-0.2, -0.15) is 0 Å². The average Bonchev–Trinajstić information content (AvgIpc) is 2.79. The van der Waals surface area contributed by atoms with Gasteiger partial charge in [0, 0.05) is 29.5 Å². The number of rotatable bonds is 3. The van der Waals surface area contributed by atoms with E-state index >= 15 is 0 Å². The number of carbonyl (C=O) groups is 1. The quantitative estimate of drug-likeness (QED) is 0.787. The summed E-state index contributed by atoms with van der Waals surface area (Å²) in [6.45, 7) is 12.4. The molecule has 0 aromatic heterocycles. The largest absolute Gasteiger partial charge is 0.507 e. The highest BCUT2D eigenvalue weighted by Gasteiger charge is 2.39. The number of hydrogen-bond donors (Lipinski definition) is 2. The molecule has 1 saturated heterocycles. The van der Waals surface area contributed by atoms with Crippen LogP contribution in [0, 0.1) is 6.92 Å². The van der Waals surface area contributed by atoms with E-state index in [1.165, 1.54) is 0 Å². The normalized spacial score (nSPS) is 24.3. The molecule has 2 atom stereocenters. The number of cyclic esters (lactones) is 1. The minimum absolute atomic E-state index is 0.0727. The van der Waals surface area contributed by atoms with E-state index in [2.05, 4.69) is 34.6 Å². The summed E-state index contributed by atoms with van der Waals surface area (Å²) in [5.74, 6) is 0.880. The molecule has 2 N–H and O–H groups in total. The maximum absolute atomic E-state index is 11.6. The number of phenols is 1. The third kappa shape index (κ3) is 3.93. The average molecular weight is 376 g/mol. The lowest BCUT2D eigenvalue weighted by Gasteiger charge is -2.28. The van der Waals surface area contributed by atoms with Crippen molar-refractivity contribution in [2.75, 3.05) is 0 Å². The van der Waals surface area contributed by atoms with Crippen molar-refractivity contribution in [3.05, 3.63) is 22.3 Å². The van der Waals surface area contributed by atoms with E-state index in [4.69, 9.17) is 9.47 Å². The summed E-state index contributed by atoms with van der Waals surface area (Å²) in [6.07, 6.45) is 1.60. The molecule has 0 amide bonds. The van der Waals surface area contributed by atoms with Crippen LogP contribution >= 0.6 is 0 Å². The molecule has 1 aromatic rings. The molecule has 0 aliphatic carbocycles. The molecule has 2 heterocycles. The van der Waals surface area contributed by atoms with Gasteiger partial charge in [-0.3, -0.25) is 4.79 Å². The highest BCUT2D eigenvalue weighted by Crippen LogP contribution is 2.49. The number of aromatic hydroxyl groups is 1. The summed E-state index contributed by atoms with van der Waals surface area (Å²) >= 11 is 0. The molecular weight excluding hydrogens is 344 g/mol. The predicted octanol–water partition coefficient (Wildman–Crippen LogP) is 3.71. The molecule has 0 bridgehead atoms. The van der Waals surface area contributed by atoms with Crippen LogP contribution in [-0.2, 0) is 27.8 Å². The Kier molecular flexibility index (Phi) is 4.96. The molecule has 0 saturated carbocycles. The Morgan fingerprint density at radius 3 is 2.52 bits per heavy atom. The highest BCUT2D eigenvalue weighted by atomic mass is 16.5. The van der Waals surface area contributed by atoms with Crippen LogP contribution in [0.5, 0.6) is 11.5 Å². The predicted molar refractivity (Wildman–Crippen MR) is 103 cm³/mol. The number of aliphatic hydroxyl groups is 1. The number of fused-ring (bicyclic) bond motifs is 1. The van der Waals surface area contributed by atoms with Crippen LogP contribution < -0.4 is 4.74 Å². The molecule has 5 nitrogen and oxygen atoms in total. The molecule has 0 spiro atoms. The molecule has 1 fully saturated rings. The fourth-order valence-electron chi connectivity index (χ4n) is 4.42. The fourth-order valence-corrected chi connectivity index (χ4v) is 4.42. The second-order valence-electron chi connectivity index (χ2n) is 9.67. The number of hydrogen-bond acceptors (Lipinski definition) is 5. The van der Waals surface area contributed by atoms with Crippen LogP contribution in [0.3, 0.4) is 0 Å². The first-order valence-electron chi connectivity index (χ1n) is 9.83. The lowest BCUT2D eigenvalue weighted by molar-refractivity contribution is -0.160. The van der Waals surface area contributed by atoms with Gasteiger partial charge in [0.05, 0.1) is 12.5 Å². The summed E-state index contributed by atoms with van der Waals surface area (Å²) in [4.78, 5) is 11.6. The first-order valence-corrected chi connectivity index (χ1v) is 9.83. The zero-order valence-corrected chi connectivity index (χ0v) is 17.3. The van der Waals surface area contributed by atoms with Crippen molar-refractivity contribution in [1.82, 2.24) is 0 Å². The highest BCUT2D eigenvalue weighted by molar-refractivity contribution is 5.71. The Balaban J connectivity index is 1.96. The SMILES string of the molecule is Cc1c(O)c(C(C)(C)C)c2c(c1CC[C@H]1C[C@H](O)CC(=O)O1)OC(C)(C)C2. The Hall–Kier alpha value is -1.75. The maximum Gasteiger partial charge on any atom is 0.308 e. The van der Waals surface area contributed by atoms with E-state index in [0.29, 0.717) is 25.0 Å². The molecular formula is C22H32O5. The zero-order valence-electron chi connectivity index (χ0n) is 17.3. The first-order chi connectivity index (χ1) is 12.4. The number of ether oxygens (including phenoxy) is 2. The van der Waals surface area contributed by atoms with Gasteiger partial charge < -0.3 is 19.7 Å². The number of benzene rings is 1. The van der Waals surface area contributed by atoms with E-state index in [0.717, 1.165) is 34.4 Å². The molecule has 2 aliphatic heterocycles. The minimum Gasteiger partial charge on any atom is -0.507 e. The second kappa shape index (κ2) is 6.69. The standard InChI is InChI=1S/C22H32O5/c1-12-15(8-7-14-9-13(23)10-17(24)26-14)20-16(11-22(5,6)27-20)18(19(12)25)21(2,3)4/h13-14,23,25H,7-11H2,1-6H3/t13-,14-/m0/s1. The molecule has 0 unspecified atom stereocenters. The van der Waals surface area contributed by atoms with Crippen molar-refractivity contribution in [3.8, 4) is 11.5 Å². The third-order valence-electron chi connectivity index (χ3n) is 5.58. The smallest absolute Gasteiger partial charge is 0.308 e. The molecule has 1 aromatic carbocycles. The van der Waals surface area contributed by atoms with Crippen LogP contribution in [0.2, 0.25) is 0 Å². The summed E-state index contributed by atoms with van der Waals surface area (Å²) in [5, 5.41) is 20.8. The van der Waals surface area contributed by atoms with Gasteiger partial charge in [0.1, 0.15) is 23.2 Å². The van der Waals surface area contributed by atoms with Crippen molar-refractivity contribution in [2.45, 2.75) is 96.9 Å². The molecule has 150 valence electrons. The van der Waals surface area contributed by atoms with Crippen LogP contribution in [0.15, 0.2) is 0 Å². The number of carbonyl (C=O) groups excluding carboxylic acids is 1. The minimum atomic E-state index is -0.630. The van der Waals surface area contributed by atoms with Crippen LogP contribution in [-0.4, -0.2) is 34.0 Å². The molecule has 3 rings (SSSR count). The van der Waals surface area contributed by atoms with Gasteiger partial charge in [-0.1, -0.05) is 20.8 Å². The van der Waals surface area contributed by atoms with Gasteiger partial charge in [0.15, 0.2) is 0 Å². The number of aliphatic hydroxyl groups excluding tert-OH is 1. The summed E-state index contributed by atoms with van der Waals surface area (Å²) < 4.78 is 11.7. The molecule has 0 radical (unpaired) electrons. The van der Waals surface area contributed by atoms with Crippen molar-refractivity contribution in [3.63, 3.8) is 0 Å². The van der Waals surface area contributed by atoms with Gasteiger partial charge >= 0.3 is 5.97 Å². The topological polar surface area (TPSA) is 76.0 Å². The first kappa shape index (κ1) is 20.0. The summed E-state index contributed by atoms with van der Waals surface area (Å²) in [5.41, 5.74) is 3.36. The molecule has 5 heteroatoms. The van der Waals surface area contributed by atoms with Gasteiger partial charge in [-0.05, 0) is 44.6 Å². The van der Waals surface area contributed by atoms with Crippen LogP contribution in [0.4, 0.5) is 0 Å². The molecule has 27 heavy (non-hydrogen) atoms. The van der Waals surface area contributed by atoms with Crippen molar-refractivity contribution >= 4 is 5.97 Å². The summed E-state index contributed by atoms with van der Waals surface area (Å²) in [7, 11) is 0. The zero-order chi connectivity index (χ0) is 20.1. The Morgan fingerprint density at radius 2 is 1.93 bits per heavy atom.